The Kier molecular flexibility index (Phi) is 11.1. The van der Waals surface area contributed by atoms with Crippen molar-refractivity contribution in [2.45, 2.75) is 72.1 Å². The van der Waals surface area contributed by atoms with Crippen LogP contribution < -0.4 is 10.6 Å². The minimum absolute atomic E-state index is 0.0429. The fourth-order valence-electron chi connectivity index (χ4n) is 4.79. The summed E-state index contributed by atoms with van der Waals surface area (Å²) in [5.74, 6) is -0.795. The number of nitrogens with one attached hydrogen (secondary N) is 2. The second kappa shape index (κ2) is 14.5. The SMILES string of the molecule is C=CCN(C(=O)C(Cc1ccc(O)cc1)NC(=O)OC(C)(C)C)C(C(=O)Nc1c(C)cccc1C)c1ccc(CC)cc1. The van der Waals surface area contributed by atoms with Gasteiger partial charge in [0.15, 0.2) is 0 Å². The Bertz CT molecular complexity index is 1410. The van der Waals surface area contributed by atoms with Crippen LogP contribution in [0.25, 0.3) is 0 Å². The van der Waals surface area contributed by atoms with Crippen molar-refractivity contribution in [3.63, 3.8) is 0 Å². The number of alkyl carbamates (subject to hydrolysis) is 1. The molecule has 8 nitrogen and oxygen atoms in total. The molecule has 0 heterocycles. The van der Waals surface area contributed by atoms with Crippen molar-refractivity contribution in [2.75, 3.05) is 11.9 Å². The van der Waals surface area contributed by atoms with E-state index in [-0.39, 0.29) is 18.7 Å². The molecule has 3 aromatic rings. The van der Waals surface area contributed by atoms with E-state index in [9.17, 15) is 19.5 Å². The number of ether oxygens (including phenoxy) is 1. The predicted molar refractivity (Wildman–Crippen MR) is 170 cm³/mol. The van der Waals surface area contributed by atoms with Crippen LogP contribution in [0, 0.1) is 13.8 Å². The number of phenolic OH excluding ortho intramolecular Hbond substituents is 1. The van der Waals surface area contributed by atoms with Gasteiger partial charge in [-0.1, -0.05) is 67.6 Å². The highest BCUT2D eigenvalue weighted by Gasteiger charge is 2.36. The van der Waals surface area contributed by atoms with Crippen LogP contribution in [0.4, 0.5) is 10.5 Å². The van der Waals surface area contributed by atoms with Gasteiger partial charge in [0.2, 0.25) is 5.91 Å². The van der Waals surface area contributed by atoms with Gasteiger partial charge in [0.25, 0.3) is 5.91 Å². The molecule has 0 radical (unpaired) electrons. The maximum Gasteiger partial charge on any atom is 0.408 e. The maximum absolute atomic E-state index is 14.4. The molecule has 0 bridgehead atoms. The number of phenols is 1. The first kappa shape index (κ1) is 32.9. The molecule has 3 amide bonds. The molecule has 3 rings (SSSR count). The number of amides is 3. The van der Waals surface area contributed by atoms with Crippen molar-refractivity contribution in [2.24, 2.45) is 0 Å². The minimum atomic E-state index is -1.08. The monoisotopic (exact) mass is 585 g/mol. The molecule has 0 aliphatic rings. The third-order valence-electron chi connectivity index (χ3n) is 6.97. The van der Waals surface area contributed by atoms with Gasteiger partial charge in [-0.2, -0.15) is 0 Å². The average molecular weight is 586 g/mol. The van der Waals surface area contributed by atoms with Crippen LogP contribution in [0.15, 0.2) is 79.4 Å². The fourth-order valence-corrected chi connectivity index (χ4v) is 4.79. The molecular formula is C35H43N3O5. The third kappa shape index (κ3) is 9.20. The van der Waals surface area contributed by atoms with Crippen molar-refractivity contribution in [3.8, 4) is 5.75 Å². The van der Waals surface area contributed by atoms with Gasteiger partial charge in [0.05, 0.1) is 0 Å². The lowest BCUT2D eigenvalue weighted by Gasteiger charge is -2.34. The molecule has 3 aromatic carbocycles. The van der Waals surface area contributed by atoms with Gasteiger partial charge in [0, 0.05) is 18.7 Å². The van der Waals surface area contributed by atoms with E-state index in [0.29, 0.717) is 16.8 Å². The van der Waals surface area contributed by atoms with Crippen LogP contribution in [0.1, 0.15) is 61.6 Å². The second-order valence-corrected chi connectivity index (χ2v) is 11.6. The normalized spacial score (nSPS) is 12.5. The molecule has 0 aromatic heterocycles. The summed E-state index contributed by atoms with van der Waals surface area (Å²) < 4.78 is 5.48. The number of aryl methyl sites for hydroxylation is 3. The van der Waals surface area contributed by atoms with E-state index in [0.717, 1.165) is 23.1 Å². The first-order valence-electron chi connectivity index (χ1n) is 14.5. The molecule has 43 heavy (non-hydrogen) atoms. The first-order chi connectivity index (χ1) is 20.3. The van der Waals surface area contributed by atoms with E-state index in [4.69, 9.17) is 4.74 Å². The van der Waals surface area contributed by atoms with Crippen LogP contribution in [0.3, 0.4) is 0 Å². The molecule has 0 spiro atoms. The number of para-hydroxylation sites is 1. The largest absolute Gasteiger partial charge is 0.508 e. The predicted octanol–water partition coefficient (Wildman–Crippen LogP) is 6.40. The Morgan fingerprint density at radius 2 is 1.53 bits per heavy atom. The van der Waals surface area contributed by atoms with Crippen molar-refractivity contribution in [3.05, 3.63) is 107 Å². The second-order valence-electron chi connectivity index (χ2n) is 11.6. The Labute approximate surface area is 254 Å². The lowest BCUT2D eigenvalue weighted by atomic mass is 9.98. The molecule has 8 heteroatoms. The smallest absolute Gasteiger partial charge is 0.408 e. The van der Waals surface area contributed by atoms with Gasteiger partial charge in [-0.15, -0.1) is 6.58 Å². The number of nitrogens with zero attached hydrogens (tertiary/aromatic N) is 1. The van der Waals surface area contributed by atoms with Crippen LogP contribution in [0.2, 0.25) is 0 Å². The summed E-state index contributed by atoms with van der Waals surface area (Å²) in [5, 5.41) is 15.6. The topological polar surface area (TPSA) is 108 Å². The number of carbonyl (C=O) groups excluding carboxylic acids is 3. The molecule has 3 N–H and O–H groups in total. The highest BCUT2D eigenvalue weighted by atomic mass is 16.6. The average Bonchev–Trinajstić information content (AvgIpc) is 2.94. The maximum atomic E-state index is 14.4. The molecule has 228 valence electrons. The summed E-state index contributed by atoms with van der Waals surface area (Å²) in [6.07, 6.45) is 1.73. The quantitative estimate of drug-likeness (QED) is 0.226. The lowest BCUT2D eigenvalue weighted by molar-refractivity contribution is -0.140. The zero-order valence-corrected chi connectivity index (χ0v) is 25.9. The Balaban J connectivity index is 2.08. The molecular weight excluding hydrogens is 542 g/mol. The van der Waals surface area contributed by atoms with E-state index >= 15 is 0 Å². The van der Waals surface area contributed by atoms with Crippen molar-refractivity contribution in [1.29, 1.82) is 0 Å². The summed E-state index contributed by atoms with van der Waals surface area (Å²) in [4.78, 5) is 42.9. The van der Waals surface area contributed by atoms with E-state index in [2.05, 4.69) is 17.2 Å². The van der Waals surface area contributed by atoms with E-state index in [1.165, 1.54) is 17.0 Å². The molecule has 2 atom stereocenters. The van der Waals surface area contributed by atoms with Gasteiger partial charge >= 0.3 is 6.09 Å². The van der Waals surface area contributed by atoms with Gasteiger partial charge < -0.3 is 25.4 Å². The van der Waals surface area contributed by atoms with Gasteiger partial charge in [0.1, 0.15) is 23.4 Å². The number of hydrogen-bond acceptors (Lipinski definition) is 5. The third-order valence-corrected chi connectivity index (χ3v) is 6.97. The van der Waals surface area contributed by atoms with E-state index in [1.54, 1.807) is 39.0 Å². The highest BCUT2D eigenvalue weighted by Crippen LogP contribution is 2.28. The minimum Gasteiger partial charge on any atom is -0.508 e. The Morgan fingerprint density at radius 1 is 0.953 bits per heavy atom. The summed E-state index contributed by atoms with van der Waals surface area (Å²) in [6.45, 7) is 15.0. The van der Waals surface area contributed by atoms with Gasteiger partial charge in [-0.05, 0) is 81.0 Å². The Morgan fingerprint density at radius 3 is 2.07 bits per heavy atom. The number of rotatable bonds is 11. The summed E-state index contributed by atoms with van der Waals surface area (Å²) in [5.41, 5.74) is 4.11. The number of benzene rings is 3. The summed E-state index contributed by atoms with van der Waals surface area (Å²) in [7, 11) is 0. The van der Waals surface area contributed by atoms with E-state index in [1.807, 2.05) is 63.2 Å². The van der Waals surface area contributed by atoms with Gasteiger partial charge in [-0.25, -0.2) is 4.79 Å². The van der Waals surface area contributed by atoms with Crippen LogP contribution in [-0.4, -0.2) is 46.1 Å². The fraction of sp³-hybridized carbons (Fsp3) is 0.343. The number of hydrogen-bond donors (Lipinski definition) is 3. The number of carbonyl (C=O) groups is 3. The Hall–Kier alpha value is -4.59. The van der Waals surface area contributed by atoms with Crippen molar-refractivity contribution in [1.82, 2.24) is 10.2 Å². The summed E-state index contributed by atoms with van der Waals surface area (Å²) >= 11 is 0. The lowest BCUT2D eigenvalue weighted by Crippen LogP contribution is -2.53. The molecule has 0 fully saturated rings. The zero-order chi connectivity index (χ0) is 31.7. The van der Waals surface area contributed by atoms with Crippen molar-refractivity contribution >= 4 is 23.6 Å². The standard InChI is InChI=1S/C35H43N3O5/c1-8-21-38(33(41)29(36-34(42)43-35(5,6)7)22-26-15-19-28(39)20-16-26)31(27-17-13-25(9-2)14-18-27)32(40)37-30-23(3)11-10-12-24(30)4/h8,10-20,29,31,39H,1,9,21-22H2,2-7H3,(H,36,42)(H,37,40). The molecule has 2 unspecified atom stereocenters. The number of aromatic hydroxyl groups is 1. The molecule has 0 aliphatic carbocycles. The van der Waals surface area contributed by atoms with E-state index < -0.39 is 35.6 Å². The van der Waals surface area contributed by atoms with Crippen LogP contribution in [-0.2, 0) is 27.2 Å². The van der Waals surface area contributed by atoms with Gasteiger partial charge in [-0.3, -0.25) is 9.59 Å². The van der Waals surface area contributed by atoms with Crippen LogP contribution in [0.5, 0.6) is 5.75 Å². The molecule has 0 saturated heterocycles. The van der Waals surface area contributed by atoms with Crippen molar-refractivity contribution < 1.29 is 24.2 Å². The first-order valence-corrected chi connectivity index (χ1v) is 14.5. The zero-order valence-electron chi connectivity index (χ0n) is 25.9. The molecule has 0 saturated carbocycles. The highest BCUT2D eigenvalue weighted by molar-refractivity contribution is 6.00. The number of anilines is 1. The van der Waals surface area contributed by atoms with Crippen LogP contribution >= 0.6 is 0 Å². The molecule has 0 aliphatic heterocycles. The summed E-state index contributed by atoms with van der Waals surface area (Å²) in [6, 6.07) is 17.6.